The fraction of sp³-hybridized carbons (Fsp3) is 0.316. The minimum Gasteiger partial charge on any atom is -0.465 e. The van der Waals surface area contributed by atoms with E-state index in [1.54, 1.807) is 16.7 Å². The number of nitrogens with zero attached hydrogens (tertiary/aromatic N) is 3. The summed E-state index contributed by atoms with van der Waals surface area (Å²) in [5.41, 5.74) is -1.19. The maximum atomic E-state index is 13.0. The van der Waals surface area contributed by atoms with Gasteiger partial charge in [-0.2, -0.15) is 0 Å². The predicted molar refractivity (Wildman–Crippen MR) is 107 cm³/mol. The molecule has 9 nitrogen and oxygen atoms in total. The van der Waals surface area contributed by atoms with Gasteiger partial charge in [-0.15, -0.1) is 11.8 Å². The van der Waals surface area contributed by atoms with E-state index in [2.05, 4.69) is 11.7 Å². The van der Waals surface area contributed by atoms with Crippen LogP contribution in [0.4, 0.5) is 11.4 Å². The predicted octanol–water partition coefficient (Wildman–Crippen LogP) is 2.46. The standard InChI is InChI=1S/C19H19N3O6S/c1-12-7-8-21(14-5-3-4-6-16(14)29-12)17(23)11-20-10-13(19(25)28-2)9-15(18(20)24)22(26)27/h3-6,9-10,12H,7-8,11H2,1-2H3. The monoisotopic (exact) mass is 417 g/mol. The number of rotatable bonds is 4. The van der Waals surface area contributed by atoms with Crippen LogP contribution < -0.4 is 10.5 Å². The van der Waals surface area contributed by atoms with Crippen molar-refractivity contribution in [2.75, 3.05) is 18.6 Å². The van der Waals surface area contributed by atoms with E-state index in [0.29, 0.717) is 11.8 Å². The molecular formula is C19H19N3O6S. The Hall–Kier alpha value is -3.14. The van der Waals surface area contributed by atoms with Gasteiger partial charge in [0.2, 0.25) is 5.91 Å². The van der Waals surface area contributed by atoms with E-state index >= 15 is 0 Å². The Morgan fingerprint density at radius 1 is 1.34 bits per heavy atom. The summed E-state index contributed by atoms with van der Waals surface area (Å²) in [6.45, 7) is 2.10. The first-order valence-electron chi connectivity index (χ1n) is 8.85. The van der Waals surface area contributed by atoms with Crippen LogP contribution in [-0.4, -0.2) is 40.3 Å². The van der Waals surface area contributed by atoms with Crippen molar-refractivity contribution in [1.29, 1.82) is 0 Å². The van der Waals surface area contributed by atoms with Gasteiger partial charge in [-0.3, -0.25) is 24.3 Å². The van der Waals surface area contributed by atoms with Gasteiger partial charge >= 0.3 is 17.2 Å². The molecular weight excluding hydrogens is 398 g/mol. The number of carbonyl (C=O) groups excluding carboxylic acids is 2. The highest BCUT2D eigenvalue weighted by Gasteiger charge is 2.26. The van der Waals surface area contributed by atoms with E-state index in [4.69, 9.17) is 0 Å². The second kappa shape index (κ2) is 8.48. The number of fused-ring (bicyclic) bond motifs is 1. The second-order valence-corrected chi connectivity index (χ2v) is 8.01. The number of carbonyl (C=O) groups is 2. The fourth-order valence-corrected chi connectivity index (χ4v) is 4.19. The van der Waals surface area contributed by atoms with E-state index in [-0.39, 0.29) is 5.56 Å². The number of benzene rings is 1. The van der Waals surface area contributed by atoms with Gasteiger partial charge in [-0.05, 0) is 18.6 Å². The number of thioether (sulfide) groups is 1. The molecule has 152 valence electrons. The van der Waals surface area contributed by atoms with Gasteiger partial charge in [0.1, 0.15) is 6.54 Å². The summed E-state index contributed by atoms with van der Waals surface area (Å²) in [7, 11) is 1.13. The van der Waals surface area contributed by atoms with Crippen molar-refractivity contribution in [3.63, 3.8) is 0 Å². The molecule has 0 radical (unpaired) electrons. The summed E-state index contributed by atoms with van der Waals surface area (Å²) >= 11 is 1.67. The molecule has 1 unspecified atom stereocenters. The Morgan fingerprint density at radius 3 is 2.76 bits per heavy atom. The largest absolute Gasteiger partial charge is 0.465 e. The molecule has 29 heavy (non-hydrogen) atoms. The zero-order valence-corrected chi connectivity index (χ0v) is 16.7. The third kappa shape index (κ3) is 4.32. The number of hydrogen-bond donors (Lipinski definition) is 0. The average Bonchev–Trinajstić information content (AvgIpc) is 2.86. The molecule has 0 spiro atoms. The summed E-state index contributed by atoms with van der Waals surface area (Å²) in [4.78, 5) is 50.2. The van der Waals surface area contributed by atoms with Gasteiger partial charge in [0.25, 0.3) is 0 Å². The van der Waals surface area contributed by atoms with Crippen LogP contribution in [-0.2, 0) is 16.1 Å². The number of nitro groups is 1. The second-order valence-electron chi connectivity index (χ2n) is 6.53. The SMILES string of the molecule is COC(=O)c1cc([N+](=O)[O-])c(=O)n(CC(=O)N2CCC(C)Sc3ccccc32)c1. The molecule has 1 aliphatic rings. The molecule has 1 aromatic heterocycles. The summed E-state index contributed by atoms with van der Waals surface area (Å²) in [6, 6.07) is 8.32. The molecule has 0 N–H and O–H groups in total. The molecule has 1 aliphatic heterocycles. The third-order valence-corrected chi connectivity index (χ3v) is 5.77. The highest BCUT2D eigenvalue weighted by atomic mass is 32.2. The highest BCUT2D eigenvalue weighted by molar-refractivity contribution is 8.00. The van der Waals surface area contributed by atoms with Crippen molar-refractivity contribution in [3.8, 4) is 0 Å². The molecule has 0 bridgehead atoms. The number of ether oxygens (including phenoxy) is 1. The maximum Gasteiger partial charge on any atom is 0.339 e. The molecule has 10 heteroatoms. The molecule has 3 rings (SSSR count). The first kappa shape index (κ1) is 20.6. The lowest BCUT2D eigenvalue weighted by Gasteiger charge is -2.23. The molecule has 2 heterocycles. The summed E-state index contributed by atoms with van der Waals surface area (Å²) < 4.78 is 5.47. The fourth-order valence-electron chi connectivity index (χ4n) is 3.07. The zero-order valence-electron chi connectivity index (χ0n) is 15.9. The Balaban J connectivity index is 1.99. The van der Waals surface area contributed by atoms with Gasteiger partial charge in [0.15, 0.2) is 0 Å². The Bertz CT molecular complexity index is 1030. The highest BCUT2D eigenvalue weighted by Crippen LogP contribution is 2.37. The summed E-state index contributed by atoms with van der Waals surface area (Å²) in [6.07, 6.45) is 1.86. The van der Waals surface area contributed by atoms with Gasteiger partial charge in [0.05, 0.1) is 23.3 Å². The lowest BCUT2D eigenvalue weighted by molar-refractivity contribution is -0.386. The molecule has 1 amide bonds. The van der Waals surface area contributed by atoms with Gasteiger partial charge in [-0.1, -0.05) is 19.1 Å². The van der Waals surface area contributed by atoms with Gasteiger partial charge in [0, 0.05) is 29.0 Å². The zero-order chi connectivity index (χ0) is 21.1. The van der Waals surface area contributed by atoms with Crippen molar-refractivity contribution in [2.45, 2.75) is 30.0 Å². The molecule has 0 saturated carbocycles. The van der Waals surface area contributed by atoms with Crippen LogP contribution >= 0.6 is 11.8 Å². The van der Waals surface area contributed by atoms with E-state index in [0.717, 1.165) is 40.9 Å². The molecule has 1 atom stereocenters. The third-order valence-electron chi connectivity index (χ3n) is 4.54. The number of methoxy groups -OCH3 is 1. The van der Waals surface area contributed by atoms with Crippen LogP contribution in [0.1, 0.15) is 23.7 Å². The minimum absolute atomic E-state index is 0.174. The number of anilines is 1. The van der Waals surface area contributed by atoms with Crippen LogP contribution in [0.3, 0.4) is 0 Å². The van der Waals surface area contributed by atoms with Crippen molar-refractivity contribution in [2.24, 2.45) is 0 Å². The number of para-hydroxylation sites is 1. The smallest absolute Gasteiger partial charge is 0.339 e. The number of esters is 1. The summed E-state index contributed by atoms with van der Waals surface area (Å²) in [5.74, 6) is -1.23. The van der Waals surface area contributed by atoms with E-state index in [1.807, 2.05) is 24.3 Å². The quantitative estimate of drug-likeness (QED) is 0.427. The number of pyridine rings is 1. The van der Waals surface area contributed by atoms with Crippen molar-refractivity contribution < 1.29 is 19.2 Å². The molecule has 1 aromatic carbocycles. The number of aromatic nitrogens is 1. The van der Waals surface area contributed by atoms with E-state index in [1.165, 1.54) is 0 Å². The number of amides is 1. The normalized spacial score (nSPS) is 15.9. The maximum absolute atomic E-state index is 13.0. The number of hydrogen-bond acceptors (Lipinski definition) is 7. The first-order chi connectivity index (χ1) is 13.8. The molecule has 0 aliphatic carbocycles. The van der Waals surface area contributed by atoms with Crippen LogP contribution in [0, 0.1) is 10.1 Å². The van der Waals surface area contributed by atoms with Crippen LogP contribution in [0.25, 0.3) is 0 Å². The van der Waals surface area contributed by atoms with Crippen LogP contribution in [0.2, 0.25) is 0 Å². The van der Waals surface area contributed by atoms with E-state index < -0.39 is 34.6 Å². The van der Waals surface area contributed by atoms with Crippen molar-refractivity contribution in [3.05, 3.63) is 62.6 Å². The lowest BCUT2D eigenvalue weighted by Crippen LogP contribution is -2.38. The van der Waals surface area contributed by atoms with Crippen LogP contribution in [0.5, 0.6) is 0 Å². The molecule has 0 fully saturated rings. The average molecular weight is 417 g/mol. The van der Waals surface area contributed by atoms with E-state index in [9.17, 15) is 24.5 Å². The lowest BCUT2D eigenvalue weighted by atomic mass is 10.2. The summed E-state index contributed by atoms with van der Waals surface area (Å²) in [5, 5.41) is 11.5. The van der Waals surface area contributed by atoms with Crippen molar-refractivity contribution >= 4 is 35.0 Å². The Labute approximate surface area is 170 Å². The molecule has 2 aromatic rings. The van der Waals surface area contributed by atoms with Crippen LogP contribution in [0.15, 0.2) is 46.2 Å². The Morgan fingerprint density at radius 2 is 2.07 bits per heavy atom. The first-order valence-corrected chi connectivity index (χ1v) is 9.73. The molecule has 0 saturated heterocycles. The van der Waals surface area contributed by atoms with Gasteiger partial charge < -0.3 is 9.64 Å². The van der Waals surface area contributed by atoms with Crippen molar-refractivity contribution in [1.82, 2.24) is 4.57 Å². The Kier molecular flexibility index (Phi) is 6.02. The minimum atomic E-state index is -0.957. The van der Waals surface area contributed by atoms with Gasteiger partial charge in [-0.25, -0.2) is 4.79 Å². The topological polar surface area (TPSA) is 112 Å².